The number of hydrogen-bond acceptors (Lipinski definition) is 23. The van der Waals surface area contributed by atoms with Crippen LogP contribution in [0.1, 0.15) is 118 Å². The molecule has 8 amide bonds. The first-order valence-corrected chi connectivity index (χ1v) is 29.6. The summed E-state index contributed by atoms with van der Waals surface area (Å²) in [6, 6.07) is 7.59. The molecule has 1 aromatic carbocycles. The van der Waals surface area contributed by atoms with Crippen molar-refractivity contribution in [3.8, 4) is 43.4 Å². The highest BCUT2D eigenvalue weighted by Gasteiger charge is 2.47. The lowest BCUT2D eigenvalue weighted by Gasteiger charge is -2.24. The molecule has 416 valence electrons. The Kier molecular flexibility index (Phi) is 16.4. The Morgan fingerprint density at radius 2 is 1.42 bits per heavy atom. The molecule has 0 radical (unpaired) electrons. The third-order valence-electron chi connectivity index (χ3n) is 12.8. The molecule has 6 atom stereocenters. The molecule has 0 spiro atoms. The van der Waals surface area contributed by atoms with Crippen LogP contribution in [-0.2, 0) is 14.3 Å². The van der Waals surface area contributed by atoms with Crippen LogP contribution >= 0.6 is 68.0 Å². The van der Waals surface area contributed by atoms with Gasteiger partial charge in [-0.3, -0.25) is 34.1 Å². The fourth-order valence-corrected chi connectivity index (χ4v) is 14.1. The van der Waals surface area contributed by atoms with Crippen molar-refractivity contribution >= 4 is 116 Å². The van der Waals surface area contributed by atoms with Crippen LogP contribution < -0.4 is 32.7 Å². The number of aliphatic carboxylic acids is 1. The number of pyridine rings is 1. The molecule has 9 heterocycles. The molecule has 0 aliphatic carbocycles. The summed E-state index contributed by atoms with van der Waals surface area (Å²) in [5.74, 6) is -5.56. The number of carbonyl (C=O) groups excluding carboxylic acids is 7. The van der Waals surface area contributed by atoms with Crippen molar-refractivity contribution in [3.63, 3.8) is 0 Å². The van der Waals surface area contributed by atoms with Crippen LogP contribution in [0.4, 0.5) is 9.59 Å². The number of benzene rings is 1. The SMILES string of the molecule is Cc1sc2nc1C(=O)N[C@@H]([C@H](O)c1ccccc1)c1nc(cs1)C(=O)NC(=O)N1C[C@H](OC(=O)NCCCC(=O)O)[C@H](C)[C@H]1c1nc(cs1)-c1nc(cs1)-c1nc(-c3nc(C(N)=O)cs3)ccc1-c1nc(cs1)C(=O)N[C@H]2CC(N)=O. The van der Waals surface area contributed by atoms with E-state index >= 15 is 0 Å². The third kappa shape index (κ3) is 12.2. The van der Waals surface area contributed by atoms with E-state index in [1.165, 1.54) is 43.7 Å². The summed E-state index contributed by atoms with van der Waals surface area (Å²) in [6.07, 6.45) is -3.66. The topological polar surface area (TPSA) is 380 Å². The first-order chi connectivity index (χ1) is 38.9. The van der Waals surface area contributed by atoms with Crippen LogP contribution in [0.3, 0.4) is 0 Å². The van der Waals surface area contributed by atoms with Gasteiger partial charge in [-0.05, 0) is 31.0 Å². The van der Waals surface area contributed by atoms with Gasteiger partial charge in [-0.1, -0.05) is 37.3 Å². The van der Waals surface area contributed by atoms with E-state index in [-0.39, 0.29) is 58.7 Å². The predicted molar refractivity (Wildman–Crippen MR) is 298 cm³/mol. The largest absolute Gasteiger partial charge is 0.481 e. The van der Waals surface area contributed by atoms with Gasteiger partial charge in [0.25, 0.3) is 23.6 Å². The standard InChI is InChI=1S/C50H44N14O11S6/c1-20-31(75-50(74)53-12-6-9-33(66)67)14-64-37(20)48-60-30(19-80-48)45-56-26(15-77-45)35-23(10-11-24(54-35)44-57-27(16-78-44)39(52)69)43-58-28(17-76-43)40(70)55-25(13-32(51)65)46-62-34(21(2)81-46)42(72)61-36(38(68)22-7-4-3-5-8-22)47-59-29(18-79-47)41(71)63-49(64)73/h3-5,7-8,10-11,15-20,25,31,36-38,68H,6,9,12-14H2,1-2H3,(H2,51,65)(H2,52,69)(H,53,74)(H,55,70)(H,61,72)(H,66,67)(H,63,71,73)/t20-,25-,31-,36-,37-,38+/m0/s1. The second kappa shape index (κ2) is 23.8. The summed E-state index contributed by atoms with van der Waals surface area (Å²) in [5.41, 5.74) is 13.2. The van der Waals surface area contributed by atoms with Crippen molar-refractivity contribution < 1.29 is 53.3 Å². The van der Waals surface area contributed by atoms with Gasteiger partial charge >= 0.3 is 18.1 Å². The highest BCUT2D eigenvalue weighted by Crippen LogP contribution is 2.43. The first kappa shape index (κ1) is 56.0. The molecular formula is C50H44N14O11S6. The van der Waals surface area contributed by atoms with Crippen LogP contribution in [-0.4, -0.2) is 117 Å². The lowest BCUT2D eigenvalue weighted by Crippen LogP contribution is -2.43. The van der Waals surface area contributed by atoms with E-state index in [1.54, 1.807) is 67.1 Å². The molecule has 31 heteroatoms. The number of fused-ring (bicyclic) bond motifs is 16. The van der Waals surface area contributed by atoms with Crippen molar-refractivity contribution in [3.05, 3.63) is 118 Å². The molecule has 81 heavy (non-hydrogen) atoms. The number of nitrogens with two attached hydrogens (primary N) is 2. The molecule has 10 bridgehead atoms. The number of ether oxygens (including phenoxy) is 1. The van der Waals surface area contributed by atoms with E-state index in [0.717, 1.165) is 45.3 Å². The second-order valence-electron chi connectivity index (χ2n) is 18.3. The van der Waals surface area contributed by atoms with E-state index in [4.69, 9.17) is 41.2 Å². The molecule has 0 unspecified atom stereocenters. The van der Waals surface area contributed by atoms with Crippen molar-refractivity contribution in [2.45, 2.75) is 63.4 Å². The number of thiazole rings is 6. The normalized spacial score (nSPS) is 18.8. The van der Waals surface area contributed by atoms with Gasteiger partial charge < -0.3 is 47.3 Å². The molecule has 25 nitrogen and oxygen atoms in total. The van der Waals surface area contributed by atoms with E-state index in [0.29, 0.717) is 58.8 Å². The van der Waals surface area contributed by atoms with Crippen molar-refractivity contribution in [1.29, 1.82) is 0 Å². The Bertz CT molecular complexity index is 3760. The molecule has 2 aliphatic heterocycles. The van der Waals surface area contributed by atoms with Gasteiger partial charge in [0.2, 0.25) is 5.91 Å². The number of aliphatic hydroxyl groups is 1. The quantitative estimate of drug-likeness (QED) is 0.0662. The predicted octanol–water partition coefficient (Wildman–Crippen LogP) is 6.26. The van der Waals surface area contributed by atoms with E-state index < -0.39 is 90.3 Å². The minimum absolute atomic E-state index is 0.0112. The van der Waals surface area contributed by atoms with Crippen LogP contribution in [0.5, 0.6) is 0 Å². The number of amides is 8. The molecule has 10 N–H and O–H groups in total. The highest BCUT2D eigenvalue weighted by molar-refractivity contribution is 7.15. The molecule has 2 aliphatic rings. The van der Waals surface area contributed by atoms with Gasteiger partial charge in [0.15, 0.2) is 0 Å². The van der Waals surface area contributed by atoms with Gasteiger partial charge in [0.1, 0.15) is 88.2 Å². The fourth-order valence-electron chi connectivity index (χ4n) is 8.76. The van der Waals surface area contributed by atoms with Crippen LogP contribution in [0, 0.1) is 12.8 Å². The number of carboxylic acid groups (broad SMARTS) is 1. The van der Waals surface area contributed by atoms with Crippen LogP contribution in [0.25, 0.3) is 43.4 Å². The maximum atomic E-state index is 14.5. The van der Waals surface area contributed by atoms with Crippen molar-refractivity contribution in [2.75, 3.05) is 13.1 Å². The highest BCUT2D eigenvalue weighted by atomic mass is 32.1. The average Bonchev–Trinajstić information content (AvgIpc) is 4.51. The number of urea groups is 1. The number of aryl methyl sites for hydroxylation is 1. The van der Waals surface area contributed by atoms with Gasteiger partial charge in [-0.15, -0.1) is 68.0 Å². The summed E-state index contributed by atoms with van der Waals surface area (Å²) in [7, 11) is 0. The van der Waals surface area contributed by atoms with Gasteiger partial charge in [-0.25, -0.2) is 44.5 Å². The fraction of sp³-hybridized carbons (Fsp3) is 0.260. The molecule has 7 aromatic heterocycles. The van der Waals surface area contributed by atoms with E-state index in [1.807, 2.05) is 0 Å². The Morgan fingerprint density at radius 1 is 0.741 bits per heavy atom. The molecule has 1 fully saturated rings. The number of aromatic nitrogens is 7. The third-order valence-corrected chi connectivity index (χ3v) is 18.3. The van der Waals surface area contributed by atoms with Crippen LogP contribution in [0.2, 0.25) is 0 Å². The number of alkyl carbamates (subject to hydrolysis) is 1. The minimum Gasteiger partial charge on any atom is -0.481 e. The first-order valence-electron chi connectivity index (χ1n) is 24.4. The number of nitrogens with zero attached hydrogens (tertiary/aromatic N) is 8. The zero-order valence-corrected chi connectivity index (χ0v) is 47.1. The smallest absolute Gasteiger partial charge is 0.407 e. The van der Waals surface area contributed by atoms with Gasteiger partial charge in [-0.2, -0.15) is 0 Å². The van der Waals surface area contributed by atoms with E-state index in [2.05, 4.69) is 36.2 Å². The molecule has 8 aromatic rings. The summed E-state index contributed by atoms with van der Waals surface area (Å²) in [4.78, 5) is 140. The number of imide groups is 1. The maximum Gasteiger partial charge on any atom is 0.407 e. The maximum absolute atomic E-state index is 14.5. The Labute approximate surface area is 481 Å². The summed E-state index contributed by atoms with van der Waals surface area (Å²) in [6.45, 7) is 3.18. The average molecular weight is 1210 g/mol. The second-order valence-corrected chi connectivity index (χ2v) is 23.8. The Hall–Kier alpha value is -8.33. The van der Waals surface area contributed by atoms with Crippen LogP contribution in [0.15, 0.2) is 69.4 Å². The number of nitrogens with one attached hydrogen (secondary N) is 4. The molecule has 1 saturated heterocycles. The lowest BCUT2D eigenvalue weighted by molar-refractivity contribution is -0.137. The lowest BCUT2D eigenvalue weighted by atomic mass is 10.0. The Morgan fingerprint density at radius 3 is 2.17 bits per heavy atom. The summed E-state index contributed by atoms with van der Waals surface area (Å²) >= 11 is 6.64. The summed E-state index contributed by atoms with van der Waals surface area (Å²) in [5, 5.41) is 41.1. The monoisotopic (exact) mass is 1210 g/mol. The number of primary amides is 2. The summed E-state index contributed by atoms with van der Waals surface area (Å²) < 4.78 is 5.81. The minimum atomic E-state index is -1.43. The number of carboxylic acids is 1. The van der Waals surface area contributed by atoms with Gasteiger partial charge in [0.05, 0.1) is 30.7 Å². The Balaban J connectivity index is 1.05. The molecule has 0 saturated carbocycles. The van der Waals surface area contributed by atoms with Gasteiger partial charge in [0, 0.05) is 56.2 Å². The number of hydrogen-bond donors (Lipinski definition) is 8. The number of aliphatic hydroxyl groups excluding tert-OH is 1. The zero-order valence-electron chi connectivity index (χ0n) is 42.2. The molecular weight excluding hydrogens is 1170 g/mol. The molecule has 10 rings (SSSR count). The van der Waals surface area contributed by atoms with Crippen molar-refractivity contribution in [1.82, 2.24) is 61.1 Å². The number of carbonyl (C=O) groups is 8. The number of rotatable bonds is 11. The zero-order chi connectivity index (χ0) is 57.2. The van der Waals surface area contributed by atoms with Crippen molar-refractivity contribution in [2.24, 2.45) is 17.4 Å². The van der Waals surface area contributed by atoms with E-state index in [9.17, 15) is 43.5 Å².